The lowest BCUT2D eigenvalue weighted by Crippen LogP contribution is -2.41. The lowest BCUT2D eigenvalue weighted by atomic mass is 10.2. The van der Waals surface area contributed by atoms with Gasteiger partial charge in [0.2, 0.25) is 10.0 Å². The lowest BCUT2D eigenvalue weighted by molar-refractivity contribution is 0.415. The Kier molecular flexibility index (Phi) is 4.68. The van der Waals surface area contributed by atoms with E-state index >= 15 is 0 Å². The van der Waals surface area contributed by atoms with E-state index in [1.165, 1.54) is 16.4 Å². The number of benzene rings is 1. The van der Waals surface area contributed by atoms with Crippen LogP contribution in [0, 0.1) is 17.1 Å². The molecule has 108 valence electrons. The number of sulfonamides is 1. The molecular formula is C13H15FN2O2S2. The van der Waals surface area contributed by atoms with Crippen molar-refractivity contribution in [2.75, 3.05) is 18.8 Å². The third kappa shape index (κ3) is 2.82. The quantitative estimate of drug-likeness (QED) is 0.858. The third-order valence-corrected chi connectivity index (χ3v) is 6.54. The molecule has 1 atom stereocenters. The van der Waals surface area contributed by atoms with Crippen LogP contribution in [-0.4, -0.2) is 36.8 Å². The van der Waals surface area contributed by atoms with Crippen LogP contribution in [-0.2, 0) is 10.0 Å². The van der Waals surface area contributed by atoms with Gasteiger partial charge >= 0.3 is 0 Å². The number of rotatable bonds is 3. The molecule has 20 heavy (non-hydrogen) atoms. The van der Waals surface area contributed by atoms with Crippen molar-refractivity contribution < 1.29 is 12.8 Å². The monoisotopic (exact) mass is 314 g/mol. The summed E-state index contributed by atoms with van der Waals surface area (Å²) in [4.78, 5) is -0.234. The molecule has 0 N–H and O–H groups in total. The Labute approximate surface area is 122 Å². The molecule has 0 radical (unpaired) electrons. The molecule has 4 nitrogen and oxygen atoms in total. The molecule has 0 spiro atoms. The van der Waals surface area contributed by atoms with E-state index in [4.69, 9.17) is 5.26 Å². The van der Waals surface area contributed by atoms with Gasteiger partial charge < -0.3 is 0 Å². The van der Waals surface area contributed by atoms with E-state index in [1.54, 1.807) is 17.8 Å². The molecule has 1 unspecified atom stereocenters. The molecule has 1 aliphatic heterocycles. The molecule has 7 heteroatoms. The van der Waals surface area contributed by atoms with Gasteiger partial charge in [0.25, 0.3) is 0 Å². The fraction of sp³-hybridized carbons (Fsp3) is 0.462. The van der Waals surface area contributed by atoms with Gasteiger partial charge in [-0.3, -0.25) is 0 Å². The topological polar surface area (TPSA) is 61.2 Å². The molecule has 1 aliphatic rings. The number of nitriles is 1. The van der Waals surface area contributed by atoms with Crippen molar-refractivity contribution in [2.45, 2.75) is 23.5 Å². The standard InChI is InChI=1S/C13H15FN2O2S2/c1-2-10-9-16(6-7-19-10)20(17,18)13-5-3-4-12(14)11(13)8-15/h3-5,10H,2,6-7,9H2,1H3. The second-order valence-corrected chi connectivity index (χ2v) is 7.80. The van der Waals surface area contributed by atoms with Crippen molar-refractivity contribution in [1.82, 2.24) is 4.31 Å². The molecular weight excluding hydrogens is 299 g/mol. The van der Waals surface area contributed by atoms with Crippen LogP contribution in [0.3, 0.4) is 0 Å². The first-order valence-electron chi connectivity index (χ1n) is 6.31. The Bertz CT molecular complexity index is 640. The summed E-state index contributed by atoms with van der Waals surface area (Å²) in [7, 11) is -3.81. The lowest BCUT2D eigenvalue weighted by Gasteiger charge is -2.31. The zero-order valence-electron chi connectivity index (χ0n) is 11.0. The average molecular weight is 314 g/mol. The Morgan fingerprint density at radius 3 is 2.95 bits per heavy atom. The molecule has 1 saturated heterocycles. The van der Waals surface area contributed by atoms with Crippen LogP contribution in [0.5, 0.6) is 0 Å². The maximum absolute atomic E-state index is 13.6. The molecule has 1 heterocycles. The highest BCUT2D eigenvalue weighted by atomic mass is 32.2. The number of thioether (sulfide) groups is 1. The molecule has 1 fully saturated rings. The molecule has 0 amide bonds. The molecule has 0 saturated carbocycles. The zero-order chi connectivity index (χ0) is 14.8. The van der Waals surface area contributed by atoms with Crippen molar-refractivity contribution in [2.24, 2.45) is 0 Å². The van der Waals surface area contributed by atoms with Gasteiger partial charge in [-0.25, -0.2) is 12.8 Å². The van der Waals surface area contributed by atoms with Crippen LogP contribution in [0.25, 0.3) is 0 Å². The average Bonchev–Trinajstić information content (AvgIpc) is 2.47. The minimum Gasteiger partial charge on any atom is -0.207 e. The van der Waals surface area contributed by atoms with Gasteiger partial charge in [0.1, 0.15) is 22.3 Å². The first-order valence-corrected chi connectivity index (χ1v) is 8.80. The highest BCUT2D eigenvalue weighted by Crippen LogP contribution is 2.28. The Morgan fingerprint density at radius 1 is 1.55 bits per heavy atom. The summed E-state index contributed by atoms with van der Waals surface area (Å²) in [6.07, 6.45) is 0.880. The fourth-order valence-corrected chi connectivity index (χ4v) is 5.15. The summed E-state index contributed by atoms with van der Waals surface area (Å²) in [6, 6.07) is 5.35. The maximum atomic E-state index is 13.6. The Hall–Kier alpha value is -1.10. The normalized spacial score (nSPS) is 20.6. The summed E-state index contributed by atoms with van der Waals surface area (Å²) >= 11 is 1.75. The van der Waals surface area contributed by atoms with E-state index in [2.05, 4.69) is 0 Å². The summed E-state index contributed by atoms with van der Waals surface area (Å²) in [6.45, 7) is 2.81. The SMILES string of the molecule is CCC1CN(S(=O)(=O)c2cccc(F)c2C#N)CCS1. The zero-order valence-corrected chi connectivity index (χ0v) is 12.7. The second kappa shape index (κ2) is 6.12. The first-order chi connectivity index (χ1) is 9.50. The van der Waals surface area contributed by atoms with Crippen molar-refractivity contribution >= 4 is 21.8 Å². The molecule has 0 aromatic heterocycles. The van der Waals surface area contributed by atoms with Gasteiger partial charge in [-0.15, -0.1) is 0 Å². The van der Waals surface area contributed by atoms with Crippen molar-refractivity contribution in [3.63, 3.8) is 0 Å². The van der Waals surface area contributed by atoms with Gasteiger partial charge in [-0.2, -0.15) is 21.3 Å². The maximum Gasteiger partial charge on any atom is 0.244 e. The van der Waals surface area contributed by atoms with Crippen molar-refractivity contribution in [3.05, 3.63) is 29.6 Å². The van der Waals surface area contributed by atoms with Crippen LogP contribution in [0.1, 0.15) is 18.9 Å². The van der Waals surface area contributed by atoms with E-state index in [0.29, 0.717) is 13.1 Å². The second-order valence-electron chi connectivity index (χ2n) is 4.49. The van der Waals surface area contributed by atoms with Gasteiger partial charge in [0.15, 0.2) is 0 Å². The van der Waals surface area contributed by atoms with Crippen molar-refractivity contribution in [1.29, 1.82) is 5.26 Å². The number of nitrogens with zero attached hydrogens (tertiary/aromatic N) is 2. The third-order valence-electron chi connectivity index (χ3n) is 3.26. The Morgan fingerprint density at radius 2 is 2.30 bits per heavy atom. The van der Waals surface area contributed by atoms with E-state index < -0.39 is 21.4 Å². The Balaban J connectivity index is 2.41. The fourth-order valence-electron chi connectivity index (χ4n) is 2.12. The predicted octanol–water partition coefficient (Wildman–Crippen LogP) is 2.21. The van der Waals surface area contributed by atoms with Gasteiger partial charge in [-0.05, 0) is 18.6 Å². The van der Waals surface area contributed by atoms with E-state index in [0.717, 1.165) is 18.2 Å². The van der Waals surface area contributed by atoms with Crippen molar-refractivity contribution in [3.8, 4) is 6.07 Å². The minimum absolute atomic E-state index is 0.234. The smallest absolute Gasteiger partial charge is 0.207 e. The number of halogens is 1. The van der Waals surface area contributed by atoms with E-state index in [9.17, 15) is 12.8 Å². The van der Waals surface area contributed by atoms with Gasteiger partial charge in [0.05, 0.1) is 0 Å². The predicted molar refractivity (Wildman–Crippen MR) is 76.4 cm³/mol. The van der Waals surface area contributed by atoms with E-state index in [1.807, 2.05) is 6.92 Å². The highest BCUT2D eigenvalue weighted by molar-refractivity contribution is 8.00. The van der Waals surface area contributed by atoms with Gasteiger partial charge in [-0.1, -0.05) is 13.0 Å². The van der Waals surface area contributed by atoms with Crippen LogP contribution in [0.15, 0.2) is 23.1 Å². The minimum atomic E-state index is -3.81. The molecule has 0 bridgehead atoms. The molecule has 0 aliphatic carbocycles. The molecule has 1 aromatic carbocycles. The summed E-state index contributed by atoms with van der Waals surface area (Å²) < 4.78 is 40.1. The van der Waals surface area contributed by atoms with Crippen LogP contribution in [0.2, 0.25) is 0 Å². The molecule has 1 aromatic rings. The van der Waals surface area contributed by atoms with Crippen LogP contribution >= 0.6 is 11.8 Å². The van der Waals surface area contributed by atoms with Gasteiger partial charge in [0, 0.05) is 24.1 Å². The van der Waals surface area contributed by atoms with Crippen LogP contribution in [0.4, 0.5) is 4.39 Å². The van der Waals surface area contributed by atoms with Crippen LogP contribution < -0.4 is 0 Å². The van der Waals surface area contributed by atoms with E-state index in [-0.39, 0.29) is 10.1 Å². The summed E-state index contributed by atoms with van der Waals surface area (Å²) in [5, 5.41) is 9.23. The molecule has 2 rings (SSSR count). The summed E-state index contributed by atoms with van der Waals surface area (Å²) in [5.41, 5.74) is -0.404. The number of hydrogen-bond acceptors (Lipinski definition) is 4. The largest absolute Gasteiger partial charge is 0.244 e. The first kappa shape index (κ1) is 15.3. The highest BCUT2D eigenvalue weighted by Gasteiger charge is 2.32. The summed E-state index contributed by atoms with van der Waals surface area (Å²) in [5.74, 6) is -0.0819. The number of hydrogen-bond donors (Lipinski definition) is 0.